The van der Waals surface area contributed by atoms with Gasteiger partial charge in [-0.2, -0.15) is 13.2 Å². The summed E-state index contributed by atoms with van der Waals surface area (Å²) in [4.78, 5) is 82.9. The first kappa shape index (κ1) is 80.6. The van der Waals surface area contributed by atoms with Crippen molar-refractivity contribution in [2.75, 3.05) is 88.0 Å². The molecule has 1 aromatic heterocycles. The molecule has 5 amide bonds. The molecular formula is C78H95ClF4N10O10S4. The summed E-state index contributed by atoms with van der Waals surface area (Å²) in [6.45, 7) is 15.5. The first-order valence-corrected chi connectivity index (χ1v) is 41.9. The van der Waals surface area contributed by atoms with Gasteiger partial charge in [0.15, 0.2) is 0 Å². The fourth-order valence-corrected chi connectivity index (χ4v) is 19.1. The number of β-amino-alcohol motifs (C(OH)–C–C–N with tert-alkyl or cyclic N) is 1. The lowest BCUT2D eigenvalue weighted by Crippen LogP contribution is -2.57. The second-order valence-electron chi connectivity index (χ2n) is 29.9. The van der Waals surface area contributed by atoms with Gasteiger partial charge < -0.3 is 40.7 Å². The molecule has 107 heavy (non-hydrogen) atoms. The number of piperazine rings is 1. The Morgan fingerprint density at radius 2 is 1.47 bits per heavy atom. The van der Waals surface area contributed by atoms with Crippen molar-refractivity contribution < 1.29 is 63.5 Å². The minimum Gasteiger partial charge on any atom is -0.391 e. The largest absolute Gasteiger partial charge is 0.501 e. The number of thioether (sulfide) groups is 1. The SMILES string of the molecule is Cc1ncsc1-c1ccc([C@H](C)NC(=O)[C@@H]2C[C@@H](O)CN2C(=O)C(NC(=O)CCCCCC(=O)N2CC3CN(CCC(CSc4ccccc4)Nc4ccc(S(=O)(=O)NC(=O)c5ccc(N6CCN(CC7=C(c8ccc(Cl)cc8F)CCCCC7)CC6)cc5)cc4S(=O)(=O)C(F)(F)F)CC3C2)C(C)(C)C)cc1. The fourth-order valence-electron chi connectivity index (χ4n) is 15.1. The second-order valence-corrected chi connectivity index (χ2v) is 35.9. The normalized spacial score (nSPS) is 20.0. The maximum absolute atomic E-state index is 15.1. The molecule has 1 aliphatic carbocycles. The fraction of sp³-hybridized carbons (Fsp3) is 0.487. The van der Waals surface area contributed by atoms with Crippen molar-refractivity contribution >= 4 is 101 Å². The average Bonchev–Trinajstić information content (AvgIpc) is 1.68. The van der Waals surface area contributed by atoms with E-state index in [-0.39, 0.29) is 66.6 Å². The Bertz CT molecular complexity index is 4410. The Kier molecular flexibility index (Phi) is 26.4. The number of nitrogens with one attached hydrogen (secondary N) is 4. The minimum absolute atomic E-state index is 0.000109. The Hall–Kier alpha value is -7.44. The van der Waals surface area contributed by atoms with Crippen LogP contribution in [0.25, 0.3) is 16.0 Å². The Labute approximate surface area is 637 Å². The highest BCUT2D eigenvalue weighted by Crippen LogP contribution is 2.40. The molecule has 20 nitrogen and oxygen atoms in total. The van der Waals surface area contributed by atoms with Crippen LogP contribution in [0, 0.1) is 30.0 Å². The van der Waals surface area contributed by atoms with Crippen LogP contribution in [-0.4, -0.2) is 184 Å². The number of sulfone groups is 1. The highest BCUT2D eigenvalue weighted by molar-refractivity contribution is 7.99. The quantitative estimate of drug-likeness (QED) is 0.0174. The van der Waals surface area contributed by atoms with Crippen molar-refractivity contribution in [2.45, 2.75) is 162 Å². The van der Waals surface area contributed by atoms with E-state index in [2.05, 4.69) is 35.6 Å². The average molecular weight is 1570 g/mol. The van der Waals surface area contributed by atoms with Gasteiger partial charge in [-0.1, -0.05) is 99.3 Å². The number of carbonyl (C=O) groups excluding carboxylic acids is 5. The van der Waals surface area contributed by atoms with E-state index in [1.165, 1.54) is 40.4 Å². The summed E-state index contributed by atoms with van der Waals surface area (Å²) in [5.74, 6) is -2.03. The van der Waals surface area contributed by atoms with Crippen LogP contribution in [0.15, 0.2) is 141 Å². The number of aliphatic hydroxyl groups excluding tert-OH is 1. The van der Waals surface area contributed by atoms with Gasteiger partial charge in [-0.3, -0.25) is 28.9 Å². The van der Waals surface area contributed by atoms with Gasteiger partial charge in [0.2, 0.25) is 23.6 Å². The maximum atomic E-state index is 15.1. The van der Waals surface area contributed by atoms with E-state index in [1.807, 2.05) is 98.8 Å². The predicted molar refractivity (Wildman–Crippen MR) is 409 cm³/mol. The number of alkyl halides is 3. The Morgan fingerprint density at radius 3 is 2.13 bits per heavy atom. The molecule has 7 atom stereocenters. The van der Waals surface area contributed by atoms with E-state index in [4.69, 9.17) is 11.6 Å². The number of fused-ring (bicyclic) bond motifs is 1. The number of sulfonamides is 1. The summed E-state index contributed by atoms with van der Waals surface area (Å²) in [7, 11) is -11.1. The number of hydrogen-bond donors (Lipinski definition) is 5. The first-order chi connectivity index (χ1) is 50.9. The molecule has 5 N–H and O–H groups in total. The van der Waals surface area contributed by atoms with E-state index in [9.17, 15) is 59.1 Å². The molecule has 6 aromatic rings. The van der Waals surface area contributed by atoms with E-state index in [0.29, 0.717) is 108 Å². The zero-order valence-corrected chi connectivity index (χ0v) is 64.9. The van der Waals surface area contributed by atoms with Gasteiger partial charge in [0.25, 0.3) is 25.8 Å². The van der Waals surface area contributed by atoms with E-state index in [0.717, 1.165) is 82.1 Å². The number of unbranched alkanes of at least 4 members (excludes halogenated alkanes) is 2. The third-order valence-electron chi connectivity index (χ3n) is 21.1. The van der Waals surface area contributed by atoms with Crippen molar-refractivity contribution in [3.8, 4) is 10.4 Å². The van der Waals surface area contributed by atoms with Crippen LogP contribution in [0.3, 0.4) is 0 Å². The number of aryl methyl sites for hydroxylation is 1. The standard InChI is InChI=1S/C78H95ClF4N10O10S4/c1-50(52-21-23-53(24-22-52)72-51(2)84-49-105-72)85-75(98)68-40-61(94)47-93(68)76(99)73(77(3,4)5)87-70(95)19-13-8-14-20-71(96)92-45-56-43-90(44-57(56)46-92)34-33-59(48-104-62-16-10-7-11-17-62)86-67-32-30-63(41-69(67)106(100,101)78(81,82)83)107(102,103)88-74(97)54-25-28-60(29-26-54)91-37-35-89(36-38-91)42-55-15-9-6-12-18-64(55)65-31-27-58(79)39-66(65)80/h7,10-11,16-17,21-32,39,41,49-50,56-57,59,61,68,73,86,94H,6,8-9,12-15,18-20,33-38,40,42-48H2,1-5H3,(H,85,98)(H,87,95)(H,88,97)/t50-,56?,57?,59?,61+,68-,73?/m0/s1. The predicted octanol–water partition coefficient (Wildman–Crippen LogP) is 12.5. The maximum Gasteiger partial charge on any atom is 0.501 e. The number of carbonyl (C=O) groups is 5. The Morgan fingerprint density at radius 1 is 0.776 bits per heavy atom. The molecule has 5 aliphatic rings. The van der Waals surface area contributed by atoms with Crippen LogP contribution in [0.4, 0.5) is 28.9 Å². The van der Waals surface area contributed by atoms with E-state index in [1.54, 1.807) is 41.1 Å². The van der Waals surface area contributed by atoms with Crippen molar-refractivity contribution in [3.63, 3.8) is 0 Å². The number of hydrogen-bond acceptors (Lipinski definition) is 17. The molecule has 0 radical (unpaired) electrons. The van der Waals surface area contributed by atoms with E-state index < -0.39 is 94.3 Å². The van der Waals surface area contributed by atoms with Crippen molar-refractivity contribution in [1.82, 2.24) is 39.9 Å². The molecular weight excluding hydrogens is 1480 g/mol. The van der Waals surface area contributed by atoms with Gasteiger partial charge in [-0.25, -0.2) is 30.9 Å². The first-order valence-electron chi connectivity index (χ1n) is 36.7. The number of aliphatic hydroxyl groups is 1. The van der Waals surface area contributed by atoms with Gasteiger partial charge in [0.05, 0.1) is 38.8 Å². The summed E-state index contributed by atoms with van der Waals surface area (Å²) in [6.07, 6.45) is 6.16. The van der Waals surface area contributed by atoms with Gasteiger partial charge in [-0.05, 0) is 159 Å². The summed E-state index contributed by atoms with van der Waals surface area (Å²) >= 11 is 9.04. The van der Waals surface area contributed by atoms with Crippen LogP contribution in [0.5, 0.6) is 0 Å². The number of benzene rings is 5. The van der Waals surface area contributed by atoms with Gasteiger partial charge in [-0.15, -0.1) is 23.1 Å². The van der Waals surface area contributed by atoms with Crippen LogP contribution < -0.4 is 25.6 Å². The molecule has 5 heterocycles. The number of nitrogens with zero attached hydrogens (tertiary/aromatic N) is 6. The molecule has 4 fully saturated rings. The van der Waals surface area contributed by atoms with Gasteiger partial charge in [0, 0.05) is 130 Å². The number of thiazole rings is 1. The third-order valence-corrected chi connectivity index (χ3v) is 26.3. The van der Waals surface area contributed by atoms with Crippen LogP contribution in [-0.2, 0) is 39.0 Å². The zero-order valence-electron chi connectivity index (χ0n) is 60.9. The summed E-state index contributed by atoms with van der Waals surface area (Å²) < 4.78 is 116. The van der Waals surface area contributed by atoms with Gasteiger partial charge >= 0.3 is 5.51 Å². The van der Waals surface area contributed by atoms with Crippen molar-refractivity contribution in [1.29, 1.82) is 0 Å². The molecule has 0 spiro atoms. The lowest BCUT2D eigenvalue weighted by molar-refractivity contribution is -0.144. The highest BCUT2D eigenvalue weighted by atomic mass is 35.5. The van der Waals surface area contributed by atoms with Crippen molar-refractivity contribution in [2.24, 2.45) is 17.3 Å². The molecule has 0 bridgehead atoms. The number of allylic oxidation sites excluding steroid dienone is 1. The summed E-state index contributed by atoms with van der Waals surface area (Å²) in [5.41, 5.74) is 1.14. The second kappa shape index (κ2) is 35.1. The molecule has 29 heteroatoms. The number of amides is 5. The zero-order chi connectivity index (χ0) is 76.5. The van der Waals surface area contributed by atoms with Crippen LogP contribution >= 0.6 is 34.7 Å². The highest BCUT2D eigenvalue weighted by Gasteiger charge is 2.49. The lowest BCUT2D eigenvalue weighted by atomic mass is 9.85. The lowest BCUT2D eigenvalue weighted by Gasteiger charge is -2.37. The number of aromatic nitrogens is 1. The van der Waals surface area contributed by atoms with Gasteiger partial charge in [0.1, 0.15) is 22.8 Å². The molecule has 0 saturated carbocycles. The number of anilines is 2. The smallest absolute Gasteiger partial charge is 0.391 e. The summed E-state index contributed by atoms with van der Waals surface area (Å²) in [6, 6.07) is 27.5. The molecule has 4 unspecified atom stereocenters. The molecule has 576 valence electrons. The summed E-state index contributed by atoms with van der Waals surface area (Å²) in [5, 5.41) is 20.1. The van der Waals surface area contributed by atoms with Crippen LogP contribution in [0.1, 0.15) is 138 Å². The minimum atomic E-state index is -6.19. The van der Waals surface area contributed by atoms with Crippen LogP contribution in [0.2, 0.25) is 5.02 Å². The Balaban J connectivity index is 0.643. The van der Waals surface area contributed by atoms with E-state index >= 15 is 4.39 Å². The third kappa shape index (κ3) is 20.3. The number of halogens is 5. The molecule has 4 saturated heterocycles. The van der Waals surface area contributed by atoms with Crippen molar-refractivity contribution in [3.05, 3.63) is 160 Å². The number of likely N-dealkylation sites (tertiary alicyclic amines) is 3. The number of rotatable bonds is 28. The molecule has 4 aliphatic heterocycles. The topological polar surface area (TPSA) is 251 Å². The monoisotopic (exact) mass is 1570 g/mol. The molecule has 11 rings (SSSR count). The molecule has 5 aromatic carbocycles.